The molecule has 1 saturated heterocycles. The number of hydrogen-bond donors (Lipinski definition) is 0. The zero-order chi connectivity index (χ0) is 24.9. The fraction of sp³-hybridized carbons (Fsp3) is 0.429. The number of anilines is 1. The standard InChI is InChI=1S/C28H32FN5O2/c1-33(19-22(35)17-20-6-4-7-21(29)16-20)28-24-8-5-9-25(24)31-27(32-28)26-18-23(10-11-30-26)36-15-14-34-12-2-3-13-34/h4,6-7,10-11,16,18H,2-3,5,8-9,12-15,17,19H2,1H3. The van der Waals surface area contributed by atoms with Crippen LogP contribution in [-0.2, 0) is 24.1 Å². The van der Waals surface area contributed by atoms with Crippen LogP contribution in [0.5, 0.6) is 5.75 Å². The summed E-state index contributed by atoms with van der Waals surface area (Å²) >= 11 is 0. The summed E-state index contributed by atoms with van der Waals surface area (Å²) in [7, 11) is 1.87. The van der Waals surface area contributed by atoms with Crippen LogP contribution in [0, 0.1) is 5.82 Å². The fourth-order valence-electron chi connectivity index (χ4n) is 5.03. The minimum atomic E-state index is -0.332. The van der Waals surface area contributed by atoms with Gasteiger partial charge in [0.15, 0.2) is 11.6 Å². The van der Waals surface area contributed by atoms with E-state index in [0.29, 0.717) is 23.7 Å². The van der Waals surface area contributed by atoms with Gasteiger partial charge in [0.25, 0.3) is 0 Å². The SMILES string of the molecule is CN(CC(=O)Cc1cccc(F)c1)c1nc(-c2cc(OCCN3CCCC3)ccn2)nc2c1CCC2. The van der Waals surface area contributed by atoms with Gasteiger partial charge in [-0.25, -0.2) is 14.4 Å². The Labute approximate surface area is 211 Å². The number of carbonyl (C=O) groups excluding carboxylic acids is 1. The third-order valence-corrected chi connectivity index (χ3v) is 6.81. The summed E-state index contributed by atoms with van der Waals surface area (Å²) in [6.45, 7) is 4.04. The lowest BCUT2D eigenvalue weighted by Crippen LogP contribution is -2.28. The molecule has 1 aromatic carbocycles. The average Bonchev–Trinajstić information content (AvgIpc) is 3.55. The highest BCUT2D eigenvalue weighted by Crippen LogP contribution is 2.31. The first kappa shape index (κ1) is 24.3. The van der Waals surface area contributed by atoms with Gasteiger partial charge in [0.1, 0.15) is 29.7 Å². The lowest BCUT2D eigenvalue weighted by Gasteiger charge is -2.21. The number of aromatic nitrogens is 3. The molecule has 3 aromatic rings. The maximum Gasteiger partial charge on any atom is 0.180 e. The lowest BCUT2D eigenvalue weighted by molar-refractivity contribution is -0.117. The molecule has 5 rings (SSSR count). The molecule has 0 saturated carbocycles. The predicted octanol–water partition coefficient (Wildman–Crippen LogP) is 3.89. The van der Waals surface area contributed by atoms with E-state index < -0.39 is 0 Å². The Kier molecular flexibility index (Phi) is 7.51. The number of likely N-dealkylation sites (N-methyl/N-ethyl adjacent to an activating group) is 1. The number of hydrogen-bond acceptors (Lipinski definition) is 7. The smallest absolute Gasteiger partial charge is 0.180 e. The second-order valence-electron chi connectivity index (χ2n) is 9.63. The third-order valence-electron chi connectivity index (χ3n) is 6.81. The van der Waals surface area contributed by atoms with Crippen LogP contribution in [0.3, 0.4) is 0 Å². The van der Waals surface area contributed by atoms with Crippen molar-refractivity contribution in [3.05, 3.63) is 65.2 Å². The van der Waals surface area contributed by atoms with Gasteiger partial charge < -0.3 is 9.64 Å². The molecule has 0 unspecified atom stereocenters. The second-order valence-corrected chi connectivity index (χ2v) is 9.63. The average molecular weight is 490 g/mol. The van der Waals surface area contributed by atoms with Gasteiger partial charge in [0.2, 0.25) is 0 Å². The Hall–Kier alpha value is -3.39. The quantitative estimate of drug-likeness (QED) is 0.428. The summed E-state index contributed by atoms with van der Waals surface area (Å²) in [5.74, 6) is 1.73. The van der Waals surface area contributed by atoms with Crippen molar-refractivity contribution in [1.29, 1.82) is 0 Å². The van der Waals surface area contributed by atoms with Crippen molar-refractivity contribution in [1.82, 2.24) is 19.9 Å². The first-order chi connectivity index (χ1) is 17.5. The topological polar surface area (TPSA) is 71.5 Å². The zero-order valence-corrected chi connectivity index (χ0v) is 20.8. The molecular weight excluding hydrogens is 457 g/mol. The number of aryl methyl sites for hydroxylation is 1. The minimum absolute atomic E-state index is 0.00142. The van der Waals surface area contributed by atoms with Crippen LogP contribution in [0.25, 0.3) is 11.5 Å². The van der Waals surface area contributed by atoms with Crippen molar-refractivity contribution in [2.24, 2.45) is 0 Å². The molecule has 36 heavy (non-hydrogen) atoms. The van der Waals surface area contributed by atoms with Crippen molar-refractivity contribution >= 4 is 11.6 Å². The highest BCUT2D eigenvalue weighted by Gasteiger charge is 2.23. The van der Waals surface area contributed by atoms with Gasteiger partial charge in [-0.2, -0.15) is 0 Å². The van der Waals surface area contributed by atoms with E-state index in [4.69, 9.17) is 14.7 Å². The molecule has 1 aliphatic heterocycles. The Bertz CT molecular complexity index is 1230. The van der Waals surface area contributed by atoms with E-state index in [1.807, 2.05) is 24.1 Å². The zero-order valence-electron chi connectivity index (χ0n) is 20.8. The molecule has 0 radical (unpaired) electrons. The number of ketones is 1. The lowest BCUT2D eigenvalue weighted by atomic mass is 10.1. The number of rotatable bonds is 10. The van der Waals surface area contributed by atoms with Crippen LogP contribution in [0.4, 0.5) is 10.2 Å². The summed E-state index contributed by atoms with van der Waals surface area (Å²) < 4.78 is 19.5. The maximum atomic E-state index is 13.5. The van der Waals surface area contributed by atoms with Gasteiger partial charge >= 0.3 is 0 Å². The molecule has 2 aromatic heterocycles. The Balaban J connectivity index is 1.30. The van der Waals surface area contributed by atoms with E-state index in [-0.39, 0.29) is 24.6 Å². The van der Waals surface area contributed by atoms with Crippen molar-refractivity contribution in [2.45, 2.75) is 38.5 Å². The Morgan fingerprint density at radius 1 is 1.11 bits per heavy atom. The molecule has 2 aliphatic rings. The maximum absolute atomic E-state index is 13.5. The van der Waals surface area contributed by atoms with Crippen molar-refractivity contribution in [2.75, 3.05) is 44.7 Å². The van der Waals surface area contributed by atoms with Crippen LogP contribution < -0.4 is 9.64 Å². The van der Waals surface area contributed by atoms with Gasteiger partial charge in [-0.1, -0.05) is 12.1 Å². The number of fused-ring (bicyclic) bond motifs is 1. The number of ether oxygens (including phenoxy) is 1. The third kappa shape index (κ3) is 5.87. The summed E-state index contributed by atoms with van der Waals surface area (Å²) in [6, 6.07) is 9.94. The highest BCUT2D eigenvalue weighted by molar-refractivity contribution is 5.85. The van der Waals surface area contributed by atoms with Gasteiger partial charge in [-0.15, -0.1) is 0 Å². The molecule has 0 spiro atoms. The molecule has 0 amide bonds. The van der Waals surface area contributed by atoms with Crippen LogP contribution in [-0.4, -0.2) is 65.5 Å². The molecule has 0 bridgehead atoms. The molecule has 1 fully saturated rings. The second kappa shape index (κ2) is 11.1. The molecule has 0 atom stereocenters. The first-order valence-electron chi connectivity index (χ1n) is 12.7. The van der Waals surface area contributed by atoms with Gasteiger partial charge in [-0.05, 0) is 69.0 Å². The number of pyridine rings is 1. The van der Waals surface area contributed by atoms with Gasteiger partial charge in [-0.3, -0.25) is 14.7 Å². The van der Waals surface area contributed by atoms with E-state index in [9.17, 15) is 9.18 Å². The molecule has 7 nitrogen and oxygen atoms in total. The molecule has 8 heteroatoms. The van der Waals surface area contributed by atoms with E-state index in [1.165, 1.54) is 25.0 Å². The monoisotopic (exact) mass is 489 g/mol. The predicted molar refractivity (Wildman–Crippen MR) is 137 cm³/mol. The molecule has 0 N–H and O–H groups in total. The van der Waals surface area contributed by atoms with Crippen LogP contribution in [0.2, 0.25) is 0 Å². The van der Waals surface area contributed by atoms with Crippen molar-refractivity contribution in [3.63, 3.8) is 0 Å². The Morgan fingerprint density at radius 2 is 1.97 bits per heavy atom. The van der Waals surface area contributed by atoms with Crippen LogP contribution in [0.1, 0.15) is 36.1 Å². The van der Waals surface area contributed by atoms with Crippen molar-refractivity contribution < 1.29 is 13.9 Å². The Morgan fingerprint density at radius 3 is 2.81 bits per heavy atom. The van der Waals surface area contributed by atoms with Gasteiger partial charge in [0, 0.05) is 43.5 Å². The summed E-state index contributed by atoms with van der Waals surface area (Å²) in [4.78, 5) is 31.2. The van der Waals surface area contributed by atoms with Crippen LogP contribution >= 0.6 is 0 Å². The number of likely N-dealkylation sites (tertiary alicyclic amines) is 1. The molecule has 188 valence electrons. The van der Waals surface area contributed by atoms with Crippen LogP contribution in [0.15, 0.2) is 42.6 Å². The number of Topliss-reactive ketones (excluding diaryl/α,β-unsaturated/α-hetero) is 1. The number of nitrogens with zero attached hydrogens (tertiary/aromatic N) is 5. The molecule has 1 aliphatic carbocycles. The van der Waals surface area contributed by atoms with E-state index in [1.54, 1.807) is 18.3 Å². The van der Waals surface area contributed by atoms with Gasteiger partial charge in [0.05, 0.1) is 6.54 Å². The minimum Gasteiger partial charge on any atom is -0.492 e. The number of benzene rings is 1. The largest absolute Gasteiger partial charge is 0.492 e. The summed E-state index contributed by atoms with van der Waals surface area (Å²) in [5.41, 5.74) is 3.44. The molecular formula is C28H32FN5O2. The first-order valence-corrected chi connectivity index (χ1v) is 12.7. The van der Waals surface area contributed by atoms with E-state index in [0.717, 1.165) is 61.7 Å². The van der Waals surface area contributed by atoms with E-state index >= 15 is 0 Å². The number of carbonyl (C=O) groups is 1. The van der Waals surface area contributed by atoms with Crippen molar-refractivity contribution in [3.8, 4) is 17.3 Å². The van der Waals surface area contributed by atoms with E-state index in [2.05, 4.69) is 9.88 Å². The fourth-order valence-corrected chi connectivity index (χ4v) is 5.03. The summed E-state index contributed by atoms with van der Waals surface area (Å²) in [6.07, 6.45) is 7.22. The number of halogens is 1. The summed E-state index contributed by atoms with van der Waals surface area (Å²) in [5, 5.41) is 0. The molecule has 3 heterocycles. The highest BCUT2D eigenvalue weighted by atomic mass is 19.1. The normalized spacial score (nSPS) is 15.2.